The van der Waals surface area contributed by atoms with E-state index in [1.54, 1.807) is 6.21 Å². The summed E-state index contributed by atoms with van der Waals surface area (Å²) in [4.78, 5) is 9.40. The second kappa shape index (κ2) is 29.7. The average molecular weight is 923 g/mol. The van der Waals surface area contributed by atoms with Crippen LogP contribution in [0, 0.1) is 0 Å². The molecule has 5 aromatic rings. The monoisotopic (exact) mass is 922 g/mol. The molecule has 1 heterocycles. The SMILES string of the molecule is CNc1ccccc1N=Cc1cc(C(C)(C)C)cc(C(C)(C)C)c1O.Cn1c(-c2cc(C(C)(C)C)cc(C(C)(C)C)c2O)nc2ccccc21.F.FF.FF.FF.FF.FF.FF. The van der Waals surface area contributed by atoms with E-state index in [1.807, 2.05) is 62.6 Å². The molecule has 6 nitrogen and oxygen atoms in total. The lowest BCUT2D eigenvalue weighted by Crippen LogP contribution is -2.17. The number of phenols is 2. The first-order chi connectivity index (χ1) is 29.0. The fourth-order valence-corrected chi connectivity index (χ4v) is 5.89. The molecule has 0 aliphatic carbocycles. The number of hydrogen-bond acceptors (Lipinski definition) is 5. The highest BCUT2D eigenvalue weighted by molar-refractivity contribution is 5.88. The number of phenolic OH excluding ortho intramolecular Hbond substituents is 2. The maximum atomic E-state index is 11.1. The Kier molecular flexibility index (Phi) is 30.3. The zero-order valence-corrected chi connectivity index (χ0v) is 37.7. The third-order valence-electron chi connectivity index (χ3n) is 9.14. The van der Waals surface area contributed by atoms with Gasteiger partial charge >= 0.3 is 0 Å². The Bertz CT molecular complexity index is 2050. The van der Waals surface area contributed by atoms with Crippen LogP contribution in [0.25, 0.3) is 22.4 Å². The first-order valence-corrected chi connectivity index (χ1v) is 18.4. The van der Waals surface area contributed by atoms with Gasteiger partial charge in [0.2, 0.25) is 0 Å². The van der Waals surface area contributed by atoms with Gasteiger partial charge in [-0.15, -0.1) is 0 Å². The first-order valence-electron chi connectivity index (χ1n) is 18.4. The summed E-state index contributed by atoms with van der Waals surface area (Å²) in [5.74, 6) is 1.44. The molecule has 0 radical (unpaired) electrons. The fraction of sp³-hybridized carbons (Fsp3) is 0.409. The molecular formula is C44H59F13N4O2. The summed E-state index contributed by atoms with van der Waals surface area (Å²) in [6.45, 7) is 25.9. The van der Waals surface area contributed by atoms with E-state index in [9.17, 15) is 10.2 Å². The number of aliphatic imine (C=N–C) groups is 1. The minimum absolute atomic E-state index is 0. The molecule has 1 aromatic heterocycles. The molecule has 0 amide bonds. The highest BCUT2D eigenvalue weighted by Crippen LogP contribution is 2.42. The van der Waals surface area contributed by atoms with Gasteiger partial charge in [0.1, 0.15) is 17.3 Å². The van der Waals surface area contributed by atoms with E-state index in [0.29, 0.717) is 11.5 Å². The van der Waals surface area contributed by atoms with E-state index < -0.39 is 0 Å². The predicted molar refractivity (Wildman–Crippen MR) is 230 cm³/mol. The zero-order chi connectivity index (χ0) is 49.4. The summed E-state index contributed by atoms with van der Waals surface area (Å²) in [5, 5.41) is 25.0. The van der Waals surface area contributed by atoms with Crippen molar-refractivity contribution in [1.82, 2.24) is 9.55 Å². The number of hydrogen-bond donors (Lipinski definition) is 3. The Hall–Kier alpha value is -5.49. The lowest BCUT2D eigenvalue weighted by atomic mass is 9.79. The molecule has 0 fully saturated rings. The summed E-state index contributed by atoms with van der Waals surface area (Å²) in [5.41, 5.74) is 9.38. The molecule has 0 unspecified atom stereocenters. The van der Waals surface area contributed by atoms with Gasteiger partial charge in [0.05, 0.1) is 28.0 Å². The van der Waals surface area contributed by atoms with Crippen molar-refractivity contribution in [3.05, 3.63) is 101 Å². The fourth-order valence-electron chi connectivity index (χ4n) is 5.89. The van der Waals surface area contributed by atoms with E-state index in [4.69, 9.17) is 59.9 Å². The van der Waals surface area contributed by atoms with Gasteiger partial charge in [-0.3, -0.25) is 9.70 Å². The number of imidazole rings is 1. The quantitative estimate of drug-likeness (QED) is 0.124. The highest BCUT2D eigenvalue weighted by Gasteiger charge is 2.27. The first kappa shape index (κ1) is 64.1. The van der Waals surface area contributed by atoms with E-state index in [1.165, 1.54) is 11.1 Å². The number of para-hydroxylation sites is 4. The van der Waals surface area contributed by atoms with Gasteiger partial charge in [0.15, 0.2) is 0 Å². The summed E-state index contributed by atoms with van der Waals surface area (Å²) in [7, 11) is 3.88. The number of nitrogens with one attached hydrogen (secondary N) is 1. The number of fused-ring (bicyclic) bond motifs is 1. The number of anilines is 1. The molecule has 358 valence electrons. The van der Waals surface area contributed by atoms with Crippen molar-refractivity contribution in [2.75, 3.05) is 12.4 Å². The van der Waals surface area contributed by atoms with Crippen LogP contribution in [0.2, 0.25) is 0 Å². The van der Waals surface area contributed by atoms with Crippen molar-refractivity contribution >= 4 is 28.6 Å². The second-order valence-electron chi connectivity index (χ2n) is 17.4. The van der Waals surface area contributed by atoms with Crippen molar-refractivity contribution < 1.29 is 69.8 Å². The van der Waals surface area contributed by atoms with Crippen LogP contribution in [0.5, 0.6) is 11.5 Å². The Balaban J connectivity index is -0.000000440. The van der Waals surface area contributed by atoms with Gasteiger partial charge < -0.3 is 20.1 Å². The van der Waals surface area contributed by atoms with E-state index in [-0.39, 0.29) is 26.4 Å². The molecule has 0 atom stereocenters. The minimum Gasteiger partial charge on any atom is -0.507 e. The van der Waals surface area contributed by atoms with Crippen LogP contribution in [0.1, 0.15) is 111 Å². The molecule has 4 aromatic carbocycles. The van der Waals surface area contributed by atoms with Crippen molar-refractivity contribution in [2.24, 2.45) is 12.0 Å². The Labute approximate surface area is 360 Å². The lowest BCUT2D eigenvalue weighted by molar-refractivity contribution is 0.108. The van der Waals surface area contributed by atoms with E-state index in [0.717, 1.165) is 50.5 Å². The van der Waals surface area contributed by atoms with Gasteiger partial charge in [0.25, 0.3) is 0 Å². The molecule has 0 spiro atoms. The number of aromatic hydroxyl groups is 2. The third kappa shape index (κ3) is 18.4. The lowest BCUT2D eigenvalue weighted by Gasteiger charge is -2.27. The normalized spacial score (nSPS) is 10.6. The summed E-state index contributed by atoms with van der Waals surface area (Å²) in [6, 6.07) is 24.3. The van der Waals surface area contributed by atoms with Crippen LogP contribution in [0.3, 0.4) is 0 Å². The van der Waals surface area contributed by atoms with Crippen LogP contribution in [-0.4, -0.2) is 33.0 Å². The maximum Gasteiger partial charge on any atom is 0.144 e. The van der Waals surface area contributed by atoms with Crippen LogP contribution >= 0.6 is 0 Å². The molecule has 0 saturated heterocycles. The number of halogens is 13. The maximum absolute atomic E-state index is 11.1. The minimum atomic E-state index is -0.148. The van der Waals surface area contributed by atoms with Crippen molar-refractivity contribution in [1.29, 1.82) is 0 Å². The van der Waals surface area contributed by atoms with Gasteiger partial charge in [-0.05, 0) is 69.2 Å². The van der Waals surface area contributed by atoms with Crippen LogP contribution in [-0.2, 0) is 28.7 Å². The number of benzene rings is 4. The molecule has 0 saturated carbocycles. The Morgan fingerprint density at radius 1 is 0.571 bits per heavy atom. The van der Waals surface area contributed by atoms with E-state index in [2.05, 4.69) is 122 Å². The van der Waals surface area contributed by atoms with Crippen molar-refractivity contribution in [2.45, 2.75) is 105 Å². The largest absolute Gasteiger partial charge is 0.507 e. The van der Waals surface area contributed by atoms with Gasteiger partial charge in [-0.2, -0.15) is 0 Å². The van der Waals surface area contributed by atoms with Crippen molar-refractivity contribution in [3.8, 4) is 22.9 Å². The summed E-state index contributed by atoms with van der Waals surface area (Å²) >= 11 is 0. The Morgan fingerprint density at radius 2 is 0.984 bits per heavy atom. The smallest absolute Gasteiger partial charge is 0.144 e. The molecule has 0 aliphatic rings. The standard InChI is InChI=1S/C22H28N2O.C22H30N2O.6F2.FH/c1-21(2,3)14-12-15(19(25)16(13-14)22(4,5)6)20-23-17-10-8-9-11-18(17)24(20)7;1-21(2,3)16-12-15(20(25)17(13-16)22(4,5)6)14-24-19-11-9-8-10-18(19)23-7;6*1-2;/h8-13,25H,1-7H3;8-14,23,25H,1-7H3;;;;;;;1H. The van der Waals surface area contributed by atoms with Crippen LogP contribution < -0.4 is 5.32 Å². The van der Waals surface area contributed by atoms with Gasteiger partial charge in [-0.1, -0.05) is 119 Å². The van der Waals surface area contributed by atoms with Crippen molar-refractivity contribution in [3.63, 3.8) is 0 Å². The number of nitrogens with zero attached hydrogens (tertiary/aromatic N) is 3. The number of aryl methyl sites for hydroxylation is 1. The molecule has 0 bridgehead atoms. The topological polar surface area (TPSA) is 82.7 Å². The molecular weight excluding hydrogens is 863 g/mol. The Morgan fingerprint density at radius 3 is 1.41 bits per heavy atom. The van der Waals surface area contributed by atoms with Gasteiger partial charge in [0, 0.05) is 91.9 Å². The number of aromatic nitrogens is 2. The van der Waals surface area contributed by atoms with Crippen LogP contribution in [0.15, 0.2) is 77.8 Å². The number of rotatable bonds is 4. The molecule has 3 N–H and O–H groups in total. The summed E-state index contributed by atoms with van der Waals surface area (Å²) in [6.07, 6.45) is 1.76. The molecule has 5 rings (SSSR count). The molecule has 0 aliphatic heterocycles. The average Bonchev–Trinajstić information content (AvgIpc) is 3.59. The second-order valence-corrected chi connectivity index (χ2v) is 17.4. The molecule has 63 heavy (non-hydrogen) atoms. The summed E-state index contributed by atoms with van der Waals surface area (Å²) < 4.78 is 98.1. The van der Waals surface area contributed by atoms with E-state index >= 15 is 0 Å². The van der Waals surface area contributed by atoms with Gasteiger partial charge in [-0.25, -0.2) is 4.98 Å². The predicted octanol–water partition coefficient (Wildman–Crippen LogP) is 16.5. The highest BCUT2D eigenvalue weighted by atomic mass is 20.0. The molecule has 19 heteroatoms. The third-order valence-corrected chi connectivity index (χ3v) is 9.14. The zero-order valence-electron chi connectivity index (χ0n) is 37.7. The van der Waals surface area contributed by atoms with Crippen LogP contribution in [0.4, 0.5) is 71.0 Å².